The van der Waals surface area contributed by atoms with Gasteiger partial charge in [-0.05, 0) is 35.7 Å². The molecule has 1 unspecified atom stereocenters. The predicted octanol–water partition coefficient (Wildman–Crippen LogP) is 3.52. The minimum Gasteiger partial charge on any atom is -0.336 e. The van der Waals surface area contributed by atoms with Gasteiger partial charge in [-0.2, -0.15) is 0 Å². The van der Waals surface area contributed by atoms with E-state index in [0.717, 1.165) is 13.1 Å². The van der Waals surface area contributed by atoms with Crippen LogP contribution in [0.2, 0.25) is 0 Å². The Balaban J connectivity index is 1.31. The maximum atomic E-state index is 13.1. The molecule has 166 valence electrons. The number of rotatable bonds is 5. The molecule has 33 heavy (non-hydrogen) atoms. The van der Waals surface area contributed by atoms with Gasteiger partial charge in [0.1, 0.15) is 18.5 Å². The third kappa shape index (κ3) is 4.40. The maximum absolute atomic E-state index is 13.1. The molecule has 1 fully saturated rings. The molecule has 2 aromatic carbocycles. The van der Waals surface area contributed by atoms with Crippen LogP contribution in [-0.2, 0) is 0 Å². The normalized spacial score (nSPS) is 15.4. The van der Waals surface area contributed by atoms with E-state index in [1.54, 1.807) is 23.4 Å². The quantitative estimate of drug-likeness (QED) is 0.477. The number of hydrogen-bond donors (Lipinski definition) is 0. The van der Waals surface area contributed by atoms with E-state index in [1.165, 1.54) is 16.7 Å². The summed E-state index contributed by atoms with van der Waals surface area (Å²) in [5, 5.41) is 7.59. The Bertz CT molecular complexity index is 1200. The van der Waals surface area contributed by atoms with Gasteiger partial charge in [-0.1, -0.05) is 54.6 Å². The van der Waals surface area contributed by atoms with Crippen LogP contribution in [0, 0.1) is 6.92 Å². The highest BCUT2D eigenvalue weighted by Crippen LogP contribution is 2.31. The highest BCUT2D eigenvalue weighted by Gasteiger charge is 2.29. The van der Waals surface area contributed by atoms with Gasteiger partial charge >= 0.3 is 0 Å². The maximum Gasteiger partial charge on any atom is 0.255 e. The Labute approximate surface area is 193 Å². The molecule has 0 aliphatic carbocycles. The van der Waals surface area contributed by atoms with Crippen molar-refractivity contribution in [1.29, 1.82) is 0 Å². The lowest BCUT2D eigenvalue weighted by atomic mass is 9.93. The van der Waals surface area contributed by atoms with E-state index in [-0.39, 0.29) is 11.9 Å². The topological polar surface area (TPSA) is 67.2 Å². The summed E-state index contributed by atoms with van der Waals surface area (Å²) >= 11 is 0. The molecule has 3 heterocycles. The summed E-state index contributed by atoms with van der Waals surface area (Å²) in [6.07, 6.45) is 4.80. The van der Waals surface area contributed by atoms with E-state index in [4.69, 9.17) is 0 Å². The number of benzene rings is 2. The zero-order valence-corrected chi connectivity index (χ0v) is 18.6. The number of amides is 1. The summed E-state index contributed by atoms with van der Waals surface area (Å²) in [5.74, 6) is 0.704. The van der Waals surface area contributed by atoms with Crippen molar-refractivity contribution in [2.45, 2.75) is 13.0 Å². The first-order chi connectivity index (χ1) is 16.2. The number of aryl methyl sites for hydroxylation is 1. The largest absolute Gasteiger partial charge is 0.336 e. The zero-order chi connectivity index (χ0) is 22.6. The van der Waals surface area contributed by atoms with Crippen LogP contribution >= 0.6 is 0 Å². The molecule has 4 aromatic rings. The first-order valence-electron chi connectivity index (χ1n) is 11.2. The smallest absolute Gasteiger partial charge is 0.255 e. The van der Waals surface area contributed by atoms with Gasteiger partial charge in [-0.3, -0.25) is 14.3 Å². The van der Waals surface area contributed by atoms with Gasteiger partial charge in [0.25, 0.3) is 5.91 Å². The standard InChI is InChI=1S/C26H26N6O/c1-20-7-5-6-10-23(20)25(21-8-3-2-4-9-21)30-13-15-31(16-14-30)26(33)22-11-12-24(27-17-22)32-18-28-29-19-32/h2-12,17-19,25H,13-16H2,1H3. The molecule has 0 bridgehead atoms. The summed E-state index contributed by atoms with van der Waals surface area (Å²) in [4.78, 5) is 21.9. The van der Waals surface area contributed by atoms with Crippen molar-refractivity contribution in [3.05, 3.63) is 108 Å². The number of piperazine rings is 1. The Kier molecular flexibility index (Phi) is 5.95. The van der Waals surface area contributed by atoms with E-state index < -0.39 is 0 Å². The van der Waals surface area contributed by atoms with E-state index in [9.17, 15) is 4.79 Å². The van der Waals surface area contributed by atoms with E-state index >= 15 is 0 Å². The molecule has 1 aliphatic heterocycles. The Hall–Kier alpha value is -3.84. The Morgan fingerprint density at radius 3 is 2.21 bits per heavy atom. The van der Waals surface area contributed by atoms with Crippen molar-refractivity contribution >= 4 is 5.91 Å². The van der Waals surface area contributed by atoms with Crippen molar-refractivity contribution < 1.29 is 4.79 Å². The van der Waals surface area contributed by atoms with Crippen molar-refractivity contribution in [3.8, 4) is 5.82 Å². The molecule has 1 saturated heterocycles. The fraction of sp³-hybridized carbons (Fsp3) is 0.231. The van der Waals surface area contributed by atoms with E-state index in [2.05, 4.69) is 81.6 Å². The number of pyridine rings is 1. The van der Waals surface area contributed by atoms with Gasteiger partial charge in [0.15, 0.2) is 0 Å². The summed E-state index contributed by atoms with van der Waals surface area (Å²) < 4.78 is 1.71. The molecule has 0 saturated carbocycles. The summed E-state index contributed by atoms with van der Waals surface area (Å²) in [6, 6.07) is 23.0. The minimum absolute atomic E-state index is 0.0182. The number of carbonyl (C=O) groups excluding carboxylic acids is 1. The van der Waals surface area contributed by atoms with Crippen LogP contribution in [-0.4, -0.2) is 61.6 Å². The second kappa shape index (κ2) is 9.34. The fourth-order valence-corrected chi connectivity index (χ4v) is 4.47. The molecule has 7 nitrogen and oxygen atoms in total. The second-order valence-electron chi connectivity index (χ2n) is 8.27. The average molecular weight is 439 g/mol. The van der Waals surface area contributed by atoms with Crippen LogP contribution in [0.4, 0.5) is 0 Å². The summed E-state index contributed by atoms with van der Waals surface area (Å²) in [6.45, 7) is 5.15. The molecule has 0 radical (unpaired) electrons. The van der Waals surface area contributed by atoms with Crippen molar-refractivity contribution in [2.24, 2.45) is 0 Å². The van der Waals surface area contributed by atoms with Crippen molar-refractivity contribution in [3.63, 3.8) is 0 Å². The van der Waals surface area contributed by atoms with E-state index in [1.807, 2.05) is 17.0 Å². The lowest BCUT2D eigenvalue weighted by molar-refractivity contribution is 0.0596. The first kappa shape index (κ1) is 21.0. The highest BCUT2D eigenvalue weighted by atomic mass is 16.2. The first-order valence-corrected chi connectivity index (χ1v) is 11.2. The van der Waals surface area contributed by atoms with Crippen LogP contribution in [0.25, 0.3) is 5.82 Å². The second-order valence-corrected chi connectivity index (χ2v) is 8.27. The van der Waals surface area contributed by atoms with Gasteiger partial charge < -0.3 is 4.90 Å². The van der Waals surface area contributed by atoms with Gasteiger partial charge in [0.2, 0.25) is 0 Å². The van der Waals surface area contributed by atoms with Gasteiger partial charge in [-0.15, -0.1) is 10.2 Å². The van der Waals surface area contributed by atoms with Gasteiger partial charge in [-0.25, -0.2) is 4.98 Å². The monoisotopic (exact) mass is 438 g/mol. The molecular weight excluding hydrogens is 412 g/mol. The molecule has 5 rings (SSSR count). The summed E-state index contributed by atoms with van der Waals surface area (Å²) in [7, 11) is 0. The van der Waals surface area contributed by atoms with Crippen molar-refractivity contribution in [2.75, 3.05) is 26.2 Å². The SMILES string of the molecule is Cc1ccccc1C(c1ccccc1)N1CCN(C(=O)c2ccc(-n3cnnc3)nc2)CC1. The molecule has 2 aromatic heterocycles. The zero-order valence-electron chi connectivity index (χ0n) is 18.6. The molecule has 1 amide bonds. The van der Waals surface area contributed by atoms with Gasteiger partial charge in [0, 0.05) is 32.4 Å². The number of aromatic nitrogens is 4. The predicted molar refractivity (Wildman–Crippen MR) is 126 cm³/mol. The number of nitrogens with zero attached hydrogens (tertiary/aromatic N) is 6. The molecule has 1 aliphatic rings. The number of carbonyl (C=O) groups is 1. The highest BCUT2D eigenvalue weighted by molar-refractivity contribution is 5.94. The van der Waals surface area contributed by atoms with E-state index in [0.29, 0.717) is 24.5 Å². The van der Waals surface area contributed by atoms with Gasteiger partial charge in [0.05, 0.1) is 11.6 Å². The van der Waals surface area contributed by atoms with Crippen LogP contribution in [0.15, 0.2) is 85.6 Å². The fourth-order valence-electron chi connectivity index (χ4n) is 4.47. The Morgan fingerprint density at radius 2 is 1.55 bits per heavy atom. The molecule has 1 atom stereocenters. The molecule has 0 spiro atoms. The van der Waals surface area contributed by atoms with Crippen LogP contribution < -0.4 is 0 Å². The van der Waals surface area contributed by atoms with Crippen LogP contribution in [0.3, 0.4) is 0 Å². The van der Waals surface area contributed by atoms with Crippen molar-refractivity contribution in [1.82, 2.24) is 29.5 Å². The Morgan fingerprint density at radius 1 is 0.848 bits per heavy atom. The third-order valence-electron chi connectivity index (χ3n) is 6.24. The minimum atomic E-state index is 0.0182. The number of hydrogen-bond acceptors (Lipinski definition) is 5. The molecule has 0 N–H and O–H groups in total. The van der Waals surface area contributed by atoms with Crippen LogP contribution in [0.1, 0.15) is 33.1 Å². The third-order valence-corrected chi connectivity index (χ3v) is 6.24. The van der Waals surface area contributed by atoms with Crippen LogP contribution in [0.5, 0.6) is 0 Å². The lowest BCUT2D eigenvalue weighted by Gasteiger charge is -2.40. The molecular formula is C26H26N6O. The summed E-state index contributed by atoms with van der Waals surface area (Å²) in [5.41, 5.74) is 4.47. The lowest BCUT2D eigenvalue weighted by Crippen LogP contribution is -2.50. The molecule has 7 heteroatoms. The average Bonchev–Trinajstić information content (AvgIpc) is 3.41.